The third-order valence-electron chi connectivity index (χ3n) is 5.64. The first-order valence-corrected chi connectivity index (χ1v) is 13.3. The van der Waals surface area contributed by atoms with Gasteiger partial charge in [0.15, 0.2) is 0 Å². The van der Waals surface area contributed by atoms with Crippen molar-refractivity contribution in [2.75, 3.05) is 18.9 Å². The van der Waals surface area contributed by atoms with E-state index in [1.807, 2.05) is 27.7 Å². The SMILES string of the molecule is CC(C)C[C@H](NC(=O)[C@@H](N)C(C)C)C(=O)NC[C@H](O)CP(=O)(O)CC1CCCCC1. The number of hydrogen-bond donors (Lipinski definition) is 5. The van der Waals surface area contributed by atoms with Crippen molar-refractivity contribution in [3.8, 4) is 0 Å². The van der Waals surface area contributed by atoms with Gasteiger partial charge in [-0.25, -0.2) is 0 Å². The summed E-state index contributed by atoms with van der Waals surface area (Å²) < 4.78 is 12.5. The molecule has 1 rings (SSSR count). The van der Waals surface area contributed by atoms with Crippen LogP contribution < -0.4 is 16.4 Å². The molecule has 0 spiro atoms. The number of amides is 2. The standard InChI is InChI=1S/C21H42N3O5P/c1-14(2)10-18(24-21(27)19(22)15(3)4)20(26)23-11-17(25)13-30(28,29)12-16-8-6-5-7-9-16/h14-19,25H,5-13,22H2,1-4H3,(H,23,26)(H,24,27)(H,28,29)/t17-,18-,19-/m0/s1. The Morgan fingerprint density at radius 2 is 1.70 bits per heavy atom. The predicted molar refractivity (Wildman–Crippen MR) is 119 cm³/mol. The molecule has 0 bridgehead atoms. The van der Waals surface area contributed by atoms with Gasteiger partial charge in [0.25, 0.3) is 0 Å². The molecule has 1 unspecified atom stereocenters. The van der Waals surface area contributed by atoms with E-state index < -0.39 is 37.4 Å². The second kappa shape index (κ2) is 12.8. The highest BCUT2D eigenvalue weighted by Crippen LogP contribution is 2.45. The van der Waals surface area contributed by atoms with Crippen LogP contribution in [0.5, 0.6) is 0 Å². The van der Waals surface area contributed by atoms with Gasteiger partial charge in [0.1, 0.15) is 6.04 Å². The van der Waals surface area contributed by atoms with Crippen LogP contribution in [0.1, 0.15) is 66.2 Å². The van der Waals surface area contributed by atoms with Gasteiger partial charge < -0.3 is 26.4 Å². The van der Waals surface area contributed by atoms with Crippen molar-refractivity contribution in [1.29, 1.82) is 0 Å². The van der Waals surface area contributed by atoms with Crippen molar-refractivity contribution in [2.45, 2.75) is 84.4 Å². The molecule has 1 saturated carbocycles. The maximum absolute atomic E-state index is 12.6. The van der Waals surface area contributed by atoms with E-state index in [0.717, 1.165) is 25.7 Å². The van der Waals surface area contributed by atoms with Gasteiger partial charge in [-0.05, 0) is 37.0 Å². The molecule has 0 aliphatic heterocycles. The number of hydrogen-bond acceptors (Lipinski definition) is 5. The summed E-state index contributed by atoms with van der Waals surface area (Å²) in [4.78, 5) is 35.1. The lowest BCUT2D eigenvalue weighted by atomic mass is 9.91. The zero-order valence-electron chi connectivity index (χ0n) is 19.0. The normalized spacial score (nSPS) is 20.4. The van der Waals surface area contributed by atoms with Gasteiger partial charge >= 0.3 is 0 Å². The van der Waals surface area contributed by atoms with Crippen LogP contribution in [0.25, 0.3) is 0 Å². The smallest absolute Gasteiger partial charge is 0.242 e. The van der Waals surface area contributed by atoms with E-state index >= 15 is 0 Å². The average Bonchev–Trinajstić information content (AvgIpc) is 2.64. The molecule has 0 aromatic rings. The van der Waals surface area contributed by atoms with Gasteiger partial charge in [0.05, 0.1) is 18.3 Å². The molecule has 0 aromatic carbocycles. The summed E-state index contributed by atoms with van der Waals surface area (Å²) in [6, 6.07) is -1.48. The minimum atomic E-state index is -3.46. The highest BCUT2D eigenvalue weighted by Gasteiger charge is 2.30. The molecule has 1 aliphatic carbocycles. The molecule has 1 fully saturated rings. The van der Waals surface area contributed by atoms with Crippen molar-refractivity contribution in [1.82, 2.24) is 10.6 Å². The summed E-state index contributed by atoms with van der Waals surface area (Å²) in [6.45, 7) is 7.42. The molecule has 176 valence electrons. The Bertz CT molecular complexity index is 593. The third kappa shape index (κ3) is 10.4. The van der Waals surface area contributed by atoms with E-state index in [0.29, 0.717) is 6.42 Å². The van der Waals surface area contributed by atoms with Gasteiger partial charge in [-0.2, -0.15) is 0 Å². The summed E-state index contributed by atoms with van der Waals surface area (Å²) in [5.41, 5.74) is 5.87. The number of rotatable bonds is 12. The summed E-state index contributed by atoms with van der Waals surface area (Å²) in [5, 5.41) is 15.5. The first kappa shape index (κ1) is 27.1. The molecule has 0 saturated heterocycles. The largest absolute Gasteiger partial charge is 0.391 e. The molecule has 0 heterocycles. The molecule has 1 aliphatic rings. The average molecular weight is 448 g/mol. The van der Waals surface area contributed by atoms with Crippen molar-refractivity contribution in [3.63, 3.8) is 0 Å². The number of nitrogens with one attached hydrogen (secondary N) is 2. The van der Waals surface area contributed by atoms with Gasteiger partial charge in [-0.15, -0.1) is 0 Å². The second-order valence-electron chi connectivity index (χ2n) is 9.57. The molecular formula is C21H42N3O5P. The van der Waals surface area contributed by atoms with Crippen LogP contribution in [0, 0.1) is 17.8 Å². The van der Waals surface area contributed by atoms with E-state index in [4.69, 9.17) is 5.73 Å². The number of carbonyl (C=O) groups excluding carboxylic acids is 2. The van der Waals surface area contributed by atoms with E-state index in [2.05, 4.69) is 10.6 Å². The molecule has 2 amide bonds. The van der Waals surface area contributed by atoms with Crippen LogP contribution in [-0.2, 0) is 14.2 Å². The molecule has 8 nitrogen and oxygen atoms in total. The highest BCUT2D eigenvalue weighted by atomic mass is 31.2. The highest BCUT2D eigenvalue weighted by molar-refractivity contribution is 7.58. The first-order chi connectivity index (χ1) is 13.9. The third-order valence-corrected chi connectivity index (χ3v) is 7.72. The van der Waals surface area contributed by atoms with Crippen LogP contribution in [0.15, 0.2) is 0 Å². The number of aliphatic hydroxyl groups excluding tert-OH is 1. The van der Waals surface area contributed by atoms with Gasteiger partial charge in [0.2, 0.25) is 19.2 Å². The fraction of sp³-hybridized carbons (Fsp3) is 0.905. The lowest BCUT2D eigenvalue weighted by Gasteiger charge is -2.26. The van der Waals surface area contributed by atoms with Crippen LogP contribution in [0.2, 0.25) is 0 Å². The maximum Gasteiger partial charge on any atom is 0.242 e. The molecule has 0 radical (unpaired) electrons. The zero-order chi connectivity index (χ0) is 22.9. The molecule has 30 heavy (non-hydrogen) atoms. The fourth-order valence-electron chi connectivity index (χ4n) is 3.86. The molecule has 9 heteroatoms. The topological polar surface area (TPSA) is 142 Å². The Hall–Kier alpha value is -0.950. The first-order valence-electron chi connectivity index (χ1n) is 11.2. The quantitative estimate of drug-likeness (QED) is 0.289. The summed E-state index contributed by atoms with van der Waals surface area (Å²) >= 11 is 0. The summed E-state index contributed by atoms with van der Waals surface area (Å²) in [7, 11) is -3.46. The van der Waals surface area contributed by atoms with Crippen LogP contribution >= 0.6 is 7.37 Å². The Kier molecular flexibility index (Phi) is 11.6. The van der Waals surface area contributed by atoms with Gasteiger partial charge in [-0.3, -0.25) is 14.2 Å². The van der Waals surface area contributed by atoms with Crippen LogP contribution in [-0.4, -0.2) is 58.9 Å². The number of carbonyl (C=O) groups is 2. The van der Waals surface area contributed by atoms with Crippen LogP contribution in [0.3, 0.4) is 0 Å². The number of aliphatic hydroxyl groups is 1. The zero-order valence-corrected chi connectivity index (χ0v) is 19.9. The summed E-state index contributed by atoms with van der Waals surface area (Å²) in [6.07, 6.45) is 4.61. The Balaban J connectivity index is 2.55. The molecule has 4 atom stereocenters. The Morgan fingerprint density at radius 3 is 2.23 bits per heavy atom. The molecule has 0 aromatic heterocycles. The van der Waals surface area contributed by atoms with Crippen molar-refractivity contribution in [3.05, 3.63) is 0 Å². The molecule has 6 N–H and O–H groups in total. The minimum absolute atomic E-state index is 0.0579. The van der Waals surface area contributed by atoms with Gasteiger partial charge in [-0.1, -0.05) is 47.0 Å². The van der Waals surface area contributed by atoms with E-state index in [9.17, 15) is 24.2 Å². The number of nitrogens with two attached hydrogens (primary N) is 1. The Labute approximate surface area is 181 Å². The lowest BCUT2D eigenvalue weighted by Crippen LogP contribution is -2.54. The predicted octanol–water partition coefficient (Wildman–Crippen LogP) is 1.83. The Morgan fingerprint density at radius 1 is 1.10 bits per heavy atom. The molecular weight excluding hydrogens is 405 g/mol. The van der Waals surface area contributed by atoms with Crippen molar-refractivity contribution >= 4 is 19.2 Å². The van der Waals surface area contributed by atoms with E-state index in [1.54, 1.807) is 0 Å². The van der Waals surface area contributed by atoms with Gasteiger partial charge in [0, 0.05) is 12.7 Å². The van der Waals surface area contributed by atoms with Crippen molar-refractivity contribution < 1.29 is 24.2 Å². The minimum Gasteiger partial charge on any atom is -0.391 e. The second-order valence-corrected chi connectivity index (χ2v) is 12.0. The fourth-order valence-corrected chi connectivity index (χ4v) is 5.97. The van der Waals surface area contributed by atoms with Crippen molar-refractivity contribution in [2.24, 2.45) is 23.5 Å². The van der Waals surface area contributed by atoms with E-state index in [1.165, 1.54) is 6.42 Å². The van der Waals surface area contributed by atoms with E-state index in [-0.39, 0.29) is 36.6 Å². The lowest BCUT2D eigenvalue weighted by molar-refractivity contribution is -0.130. The monoisotopic (exact) mass is 447 g/mol. The van der Waals surface area contributed by atoms with Crippen LogP contribution in [0.4, 0.5) is 0 Å². The maximum atomic E-state index is 12.6. The summed E-state index contributed by atoms with van der Waals surface area (Å²) in [5.74, 6) is -0.468.